The van der Waals surface area contributed by atoms with Crippen molar-refractivity contribution in [2.45, 2.75) is 32.7 Å². The second-order valence-electron chi connectivity index (χ2n) is 5.37. The quantitative estimate of drug-likeness (QED) is 0.890. The van der Waals surface area contributed by atoms with Gasteiger partial charge in [0.15, 0.2) is 0 Å². The van der Waals surface area contributed by atoms with E-state index in [0.717, 1.165) is 11.1 Å². The van der Waals surface area contributed by atoms with Crippen molar-refractivity contribution in [3.05, 3.63) is 71.3 Å². The third-order valence-electron chi connectivity index (χ3n) is 3.42. The van der Waals surface area contributed by atoms with Crippen LogP contribution in [0.3, 0.4) is 0 Å². The fraction of sp³-hybridized carbons (Fsp3) is 0.278. The number of amides is 1. The Morgan fingerprint density at radius 3 is 1.85 bits per heavy atom. The first kappa shape index (κ1) is 14.3. The van der Waals surface area contributed by atoms with Crippen molar-refractivity contribution >= 4 is 5.91 Å². The summed E-state index contributed by atoms with van der Waals surface area (Å²) in [6.45, 7) is 5.91. The Morgan fingerprint density at radius 2 is 1.35 bits per heavy atom. The number of benzene rings is 2. The molecule has 0 aliphatic heterocycles. The first-order valence-electron chi connectivity index (χ1n) is 7.00. The number of rotatable bonds is 4. The first-order valence-corrected chi connectivity index (χ1v) is 7.00. The van der Waals surface area contributed by atoms with Crippen LogP contribution in [0.4, 0.5) is 0 Å². The van der Waals surface area contributed by atoms with E-state index in [9.17, 15) is 4.79 Å². The predicted octanol–water partition coefficient (Wildman–Crippen LogP) is 4.04. The number of hydrogen-bond donors (Lipinski definition) is 1. The van der Waals surface area contributed by atoms with Crippen LogP contribution in [0.2, 0.25) is 0 Å². The maximum absolute atomic E-state index is 11.5. The van der Waals surface area contributed by atoms with Crippen LogP contribution in [0, 0.1) is 0 Å². The molecular formula is C18H21NO. The summed E-state index contributed by atoms with van der Waals surface area (Å²) in [5.74, 6) is 0.492. The van der Waals surface area contributed by atoms with Gasteiger partial charge in [0.25, 0.3) is 0 Å². The molecule has 0 heterocycles. The van der Waals surface area contributed by atoms with Crippen LogP contribution in [0.25, 0.3) is 0 Å². The molecule has 20 heavy (non-hydrogen) atoms. The molecule has 2 aromatic carbocycles. The molecule has 0 saturated heterocycles. The molecule has 0 bridgehead atoms. The number of carbonyl (C=O) groups is 1. The highest BCUT2D eigenvalue weighted by atomic mass is 16.1. The molecule has 0 fully saturated rings. The number of hydrogen-bond acceptors (Lipinski definition) is 1. The van der Waals surface area contributed by atoms with Crippen LogP contribution >= 0.6 is 0 Å². The van der Waals surface area contributed by atoms with Crippen LogP contribution in [0.15, 0.2) is 54.6 Å². The van der Waals surface area contributed by atoms with E-state index in [1.54, 1.807) is 6.92 Å². The molecule has 0 aromatic heterocycles. The average Bonchev–Trinajstić information content (AvgIpc) is 2.45. The van der Waals surface area contributed by atoms with E-state index in [2.05, 4.69) is 43.4 Å². The lowest BCUT2D eigenvalue weighted by atomic mass is 9.95. The second-order valence-corrected chi connectivity index (χ2v) is 5.37. The zero-order chi connectivity index (χ0) is 14.5. The minimum Gasteiger partial charge on any atom is -0.345 e. The van der Waals surface area contributed by atoms with Crippen LogP contribution in [-0.4, -0.2) is 5.91 Å². The van der Waals surface area contributed by atoms with Gasteiger partial charge in [-0.15, -0.1) is 0 Å². The number of carbonyl (C=O) groups excluding carboxylic acids is 1. The van der Waals surface area contributed by atoms with E-state index in [1.165, 1.54) is 5.56 Å². The van der Waals surface area contributed by atoms with Gasteiger partial charge in [-0.25, -0.2) is 0 Å². The molecule has 0 unspecified atom stereocenters. The fourth-order valence-electron chi connectivity index (χ4n) is 2.28. The normalized spacial score (nSPS) is 12.2. The molecule has 0 radical (unpaired) electrons. The van der Waals surface area contributed by atoms with Gasteiger partial charge in [0, 0.05) is 6.92 Å². The average molecular weight is 267 g/mol. The molecule has 0 saturated carbocycles. The molecule has 0 aliphatic carbocycles. The first-order chi connectivity index (χ1) is 9.58. The minimum atomic E-state index is -0.0880. The SMILES string of the molecule is CC(=O)N[C@@H](c1ccccc1)c1ccc(C(C)C)cc1. The van der Waals surface area contributed by atoms with Crippen molar-refractivity contribution < 1.29 is 4.79 Å². The lowest BCUT2D eigenvalue weighted by Gasteiger charge is -2.19. The summed E-state index contributed by atoms with van der Waals surface area (Å²) in [5.41, 5.74) is 3.51. The Labute approximate surface area is 120 Å². The van der Waals surface area contributed by atoms with Crippen LogP contribution in [0.5, 0.6) is 0 Å². The second kappa shape index (κ2) is 6.38. The monoisotopic (exact) mass is 267 g/mol. The fourth-order valence-corrected chi connectivity index (χ4v) is 2.28. The van der Waals surface area contributed by atoms with E-state index >= 15 is 0 Å². The van der Waals surface area contributed by atoms with E-state index in [0.29, 0.717) is 5.92 Å². The van der Waals surface area contributed by atoms with Crippen molar-refractivity contribution in [3.63, 3.8) is 0 Å². The minimum absolute atomic E-state index is 0.0215. The number of nitrogens with one attached hydrogen (secondary N) is 1. The highest BCUT2D eigenvalue weighted by Crippen LogP contribution is 2.24. The molecule has 104 valence electrons. The van der Waals surface area contributed by atoms with E-state index in [-0.39, 0.29) is 11.9 Å². The Kier molecular flexibility index (Phi) is 4.57. The van der Waals surface area contributed by atoms with Gasteiger partial charge < -0.3 is 5.32 Å². The third-order valence-corrected chi connectivity index (χ3v) is 3.42. The van der Waals surface area contributed by atoms with Crippen molar-refractivity contribution in [2.24, 2.45) is 0 Å². The maximum Gasteiger partial charge on any atom is 0.217 e. The molecule has 1 N–H and O–H groups in total. The van der Waals surface area contributed by atoms with E-state index in [1.807, 2.05) is 30.3 Å². The molecule has 0 aliphatic rings. The third kappa shape index (κ3) is 3.47. The molecule has 2 nitrogen and oxygen atoms in total. The van der Waals surface area contributed by atoms with Gasteiger partial charge in [-0.1, -0.05) is 68.4 Å². The lowest BCUT2D eigenvalue weighted by Crippen LogP contribution is -2.26. The summed E-state index contributed by atoms with van der Waals surface area (Å²) in [6.07, 6.45) is 0. The summed E-state index contributed by atoms with van der Waals surface area (Å²) in [5, 5.41) is 3.02. The molecule has 2 heteroatoms. The van der Waals surface area contributed by atoms with Gasteiger partial charge in [0.2, 0.25) is 5.91 Å². The van der Waals surface area contributed by atoms with E-state index in [4.69, 9.17) is 0 Å². The topological polar surface area (TPSA) is 29.1 Å². The Hall–Kier alpha value is -2.09. The lowest BCUT2D eigenvalue weighted by molar-refractivity contribution is -0.119. The maximum atomic E-state index is 11.5. The summed E-state index contributed by atoms with van der Waals surface area (Å²) in [7, 11) is 0. The summed E-state index contributed by atoms with van der Waals surface area (Å²) < 4.78 is 0. The predicted molar refractivity (Wildman–Crippen MR) is 82.6 cm³/mol. The van der Waals surface area contributed by atoms with Crippen molar-refractivity contribution in [1.29, 1.82) is 0 Å². The highest BCUT2D eigenvalue weighted by molar-refractivity contribution is 5.74. The summed E-state index contributed by atoms with van der Waals surface area (Å²) >= 11 is 0. The zero-order valence-corrected chi connectivity index (χ0v) is 12.3. The molecule has 1 atom stereocenters. The summed E-state index contributed by atoms with van der Waals surface area (Å²) in [4.78, 5) is 11.5. The van der Waals surface area contributed by atoms with Gasteiger partial charge in [0.1, 0.15) is 0 Å². The Morgan fingerprint density at radius 1 is 0.850 bits per heavy atom. The zero-order valence-electron chi connectivity index (χ0n) is 12.3. The van der Waals surface area contributed by atoms with Gasteiger partial charge in [-0.3, -0.25) is 4.79 Å². The Balaban J connectivity index is 2.34. The standard InChI is InChI=1S/C18H21NO/c1-13(2)15-9-11-17(12-10-15)18(19-14(3)20)16-7-5-4-6-8-16/h4-13,18H,1-3H3,(H,19,20)/t18-/m0/s1. The van der Waals surface area contributed by atoms with Crippen LogP contribution in [0.1, 0.15) is 49.4 Å². The molecule has 2 rings (SSSR count). The molecule has 1 amide bonds. The van der Waals surface area contributed by atoms with Gasteiger partial charge in [-0.2, -0.15) is 0 Å². The largest absolute Gasteiger partial charge is 0.345 e. The van der Waals surface area contributed by atoms with E-state index < -0.39 is 0 Å². The van der Waals surface area contributed by atoms with Gasteiger partial charge >= 0.3 is 0 Å². The highest BCUT2D eigenvalue weighted by Gasteiger charge is 2.14. The van der Waals surface area contributed by atoms with Gasteiger partial charge in [-0.05, 0) is 22.6 Å². The molecule has 2 aromatic rings. The van der Waals surface area contributed by atoms with Crippen molar-refractivity contribution in [1.82, 2.24) is 5.32 Å². The van der Waals surface area contributed by atoms with Crippen molar-refractivity contribution in [2.75, 3.05) is 0 Å². The van der Waals surface area contributed by atoms with Crippen LogP contribution < -0.4 is 5.32 Å². The smallest absolute Gasteiger partial charge is 0.217 e. The Bertz CT molecular complexity index is 558. The molecular weight excluding hydrogens is 246 g/mol. The molecule has 0 spiro atoms. The van der Waals surface area contributed by atoms with Gasteiger partial charge in [0.05, 0.1) is 6.04 Å². The van der Waals surface area contributed by atoms with Crippen LogP contribution in [-0.2, 0) is 4.79 Å². The van der Waals surface area contributed by atoms with Crippen molar-refractivity contribution in [3.8, 4) is 0 Å². The summed E-state index contributed by atoms with van der Waals surface area (Å²) in [6, 6.07) is 18.4.